The SMILES string of the molecule is Cc1ncsc1C(NN)c1cccs1. The number of thiophene rings is 1. The maximum Gasteiger partial charge on any atom is 0.0913 e. The zero-order valence-corrected chi connectivity index (χ0v) is 9.36. The molecular weight excluding hydrogens is 214 g/mol. The van der Waals surface area contributed by atoms with Gasteiger partial charge in [-0.1, -0.05) is 6.07 Å². The summed E-state index contributed by atoms with van der Waals surface area (Å²) in [5.41, 5.74) is 5.73. The van der Waals surface area contributed by atoms with Crippen LogP contribution in [0.2, 0.25) is 0 Å². The highest BCUT2D eigenvalue weighted by Gasteiger charge is 2.17. The number of thiazole rings is 1. The molecular formula is C9H11N3S2. The topological polar surface area (TPSA) is 50.9 Å². The Labute approximate surface area is 90.6 Å². The van der Waals surface area contributed by atoms with Crippen molar-refractivity contribution in [1.82, 2.24) is 10.4 Å². The highest BCUT2D eigenvalue weighted by Crippen LogP contribution is 2.29. The molecule has 2 aromatic heterocycles. The number of hydrogen-bond acceptors (Lipinski definition) is 5. The van der Waals surface area contributed by atoms with Gasteiger partial charge in [-0.25, -0.2) is 10.4 Å². The zero-order valence-electron chi connectivity index (χ0n) is 7.73. The Balaban J connectivity index is 2.36. The van der Waals surface area contributed by atoms with E-state index in [1.165, 1.54) is 9.75 Å². The molecule has 3 N–H and O–H groups in total. The quantitative estimate of drug-likeness (QED) is 0.621. The van der Waals surface area contributed by atoms with Crippen molar-refractivity contribution < 1.29 is 0 Å². The maximum absolute atomic E-state index is 5.56. The van der Waals surface area contributed by atoms with Gasteiger partial charge in [0.2, 0.25) is 0 Å². The Bertz CT molecular complexity index is 394. The lowest BCUT2D eigenvalue weighted by Crippen LogP contribution is -2.28. The number of nitrogens with one attached hydrogen (secondary N) is 1. The summed E-state index contributed by atoms with van der Waals surface area (Å²) in [7, 11) is 0. The van der Waals surface area contributed by atoms with Crippen LogP contribution in [0.25, 0.3) is 0 Å². The van der Waals surface area contributed by atoms with E-state index in [1.807, 2.05) is 18.5 Å². The molecule has 74 valence electrons. The van der Waals surface area contributed by atoms with Crippen LogP contribution in [0.5, 0.6) is 0 Å². The van der Waals surface area contributed by atoms with Crippen LogP contribution in [-0.2, 0) is 0 Å². The van der Waals surface area contributed by atoms with Crippen LogP contribution in [0, 0.1) is 6.92 Å². The molecule has 3 nitrogen and oxygen atoms in total. The first kappa shape index (κ1) is 9.79. The summed E-state index contributed by atoms with van der Waals surface area (Å²) in [6, 6.07) is 4.19. The van der Waals surface area contributed by atoms with Crippen LogP contribution in [0.15, 0.2) is 23.0 Å². The Morgan fingerprint density at radius 3 is 2.86 bits per heavy atom. The summed E-state index contributed by atoms with van der Waals surface area (Å²) in [4.78, 5) is 6.63. The number of rotatable bonds is 3. The summed E-state index contributed by atoms with van der Waals surface area (Å²) in [5, 5.41) is 2.05. The van der Waals surface area contributed by atoms with Gasteiger partial charge >= 0.3 is 0 Å². The van der Waals surface area contributed by atoms with Crippen molar-refractivity contribution in [2.75, 3.05) is 0 Å². The molecule has 2 rings (SSSR count). The van der Waals surface area contributed by atoms with E-state index < -0.39 is 0 Å². The molecule has 0 saturated heterocycles. The average molecular weight is 225 g/mol. The van der Waals surface area contributed by atoms with E-state index in [0.29, 0.717) is 0 Å². The minimum absolute atomic E-state index is 0.0856. The molecule has 0 aromatic carbocycles. The molecule has 5 heteroatoms. The number of nitrogens with two attached hydrogens (primary N) is 1. The first-order chi connectivity index (χ1) is 6.83. The van der Waals surface area contributed by atoms with Gasteiger partial charge in [0.05, 0.1) is 22.1 Å². The average Bonchev–Trinajstić information content (AvgIpc) is 2.80. The summed E-state index contributed by atoms with van der Waals surface area (Å²) in [6.45, 7) is 2.00. The number of aryl methyl sites for hydroxylation is 1. The summed E-state index contributed by atoms with van der Waals surface area (Å²) in [5.74, 6) is 5.56. The van der Waals surface area contributed by atoms with Crippen LogP contribution in [-0.4, -0.2) is 4.98 Å². The van der Waals surface area contributed by atoms with Crippen molar-refractivity contribution in [3.05, 3.63) is 38.5 Å². The standard InChI is InChI=1S/C9H11N3S2/c1-6-9(14-5-11-6)8(12-10)7-3-2-4-13-7/h2-5,8,12H,10H2,1H3. The monoisotopic (exact) mass is 225 g/mol. The van der Waals surface area contributed by atoms with Crippen molar-refractivity contribution in [3.63, 3.8) is 0 Å². The first-order valence-corrected chi connectivity index (χ1v) is 5.98. The van der Waals surface area contributed by atoms with Gasteiger partial charge in [0.25, 0.3) is 0 Å². The minimum atomic E-state index is 0.0856. The van der Waals surface area contributed by atoms with E-state index in [1.54, 1.807) is 22.7 Å². The van der Waals surface area contributed by atoms with Crippen LogP contribution in [0.3, 0.4) is 0 Å². The molecule has 14 heavy (non-hydrogen) atoms. The summed E-state index contributed by atoms with van der Waals surface area (Å²) in [6.07, 6.45) is 0. The second kappa shape index (κ2) is 4.18. The normalized spacial score (nSPS) is 13.0. The van der Waals surface area contributed by atoms with Crippen molar-refractivity contribution in [2.24, 2.45) is 5.84 Å². The fourth-order valence-electron chi connectivity index (χ4n) is 1.33. The predicted octanol–water partition coefficient (Wildman–Crippen LogP) is 2.07. The molecule has 0 aliphatic heterocycles. The van der Waals surface area contributed by atoms with Gasteiger partial charge in [0.15, 0.2) is 0 Å². The molecule has 0 radical (unpaired) electrons. The number of nitrogens with zero attached hydrogens (tertiary/aromatic N) is 1. The minimum Gasteiger partial charge on any atom is -0.271 e. The lowest BCUT2D eigenvalue weighted by atomic mass is 10.2. The van der Waals surface area contributed by atoms with E-state index in [9.17, 15) is 0 Å². The van der Waals surface area contributed by atoms with E-state index in [2.05, 4.69) is 21.9 Å². The molecule has 0 aliphatic carbocycles. The molecule has 1 unspecified atom stereocenters. The van der Waals surface area contributed by atoms with Gasteiger partial charge in [-0.2, -0.15) is 0 Å². The number of hydrogen-bond donors (Lipinski definition) is 2. The van der Waals surface area contributed by atoms with Gasteiger partial charge < -0.3 is 0 Å². The molecule has 0 saturated carbocycles. The molecule has 0 fully saturated rings. The Kier molecular flexibility index (Phi) is 2.93. The zero-order chi connectivity index (χ0) is 9.97. The van der Waals surface area contributed by atoms with Crippen molar-refractivity contribution in [2.45, 2.75) is 13.0 Å². The number of aromatic nitrogens is 1. The van der Waals surface area contributed by atoms with Gasteiger partial charge in [0, 0.05) is 4.88 Å². The molecule has 0 spiro atoms. The Hall–Kier alpha value is -0.750. The highest BCUT2D eigenvalue weighted by molar-refractivity contribution is 7.11. The summed E-state index contributed by atoms with van der Waals surface area (Å²) >= 11 is 3.33. The lowest BCUT2D eigenvalue weighted by molar-refractivity contribution is 0.652. The van der Waals surface area contributed by atoms with Gasteiger partial charge in [-0.3, -0.25) is 5.84 Å². The van der Waals surface area contributed by atoms with Crippen LogP contribution in [0.4, 0.5) is 0 Å². The van der Waals surface area contributed by atoms with Crippen LogP contribution < -0.4 is 11.3 Å². The molecule has 0 amide bonds. The fraction of sp³-hybridized carbons (Fsp3) is 0.222. The van der Waals surface area contributed by atoms with Gasteiger partial charge in [-0.15, -0.1) is 22.7 Å². The second-order valence-corrected chi connectivity index (χ2v) is 4.78. The van der Waals surface area contributed by atoms with Crippen molar-refractivity contribution >= 4 is 22.7 Å². The van der Waals surface area contributed by atoms with E-state index >= 15 is 0 Å². The molecule has 0 aliphatic rings. The first-order valence-electron chi connectivity index (χ1n) is 4.22. The second-order valence-electron chi connectivity index (χ2n) is 2.92. The molecule has 1 atom stereocenters. The highest BCUT2D eigenvalue weighted by atomic mass is 32.1. The maximum atomic E-state index is 5.56. The third kappa shape index (κ3) is 1.72. The fourth-order valence-corrected chi connectivity index (χ4v) is 3.08. The van der Waals surface area contributed by atoms with E-state index in [4.69, 9.17) is 5.84 Å². The number of hydrazine groups is 1. The van der Waals surface area contributed by atoms with E-state index in [-0.39, 0.29) is 6.04 Å². The Morgan fingerprint density at radius 1 is 1.50 bits per heavy atom. The summed E-state index contributed by atoms with van der Waals surface area (Å²) < 4.78 is 0. The van der Waals surface area contributed by atoms with Crippen molar-refractivity contribution in [1.29, 1.82) is 0 Å². The van der Waals surface area contributed by atoms with Crippen LogP contribution >= 0.6 is 22.7 Å². The largest absolute Gasteiger partial charge is 0.271 e. The molecule has 0 bridgehead atoms. The van der Waals surface area contributed by atoms with Gasteiger partial charge in [-0.05, 0) is 18.4 Å². The molecule has 2 heterocycles. The Morgan fingerprint density at radius 2 is 2.36 bits per heavy atom. The van der Waals surface area contributed by atoms with Gasteiger partial charge in [0.1, 0.15) is 0 Å². The van der Waals surface area contributed by atoms with Crippen LogP contribution in [0.1, 0.15) is 21.5 Å². The third-order valence-corrected chi connectivity index (χ3v) is 3.97. The predicted molar refractivity (Wildman–Crippen MR) is 60.3 cm³/mol. The van der Waals surface area contributed by atoms with Crippen molar-refractivity contribution in [3.8, 4) is 0 Å². The lowest BCUT2D eigenvalue weighted by Gasteiger charge is -2.12. The molecule has 2 aromatic rings. The smallest absolute Gasteiger partial charge is 0.0913 e. The van der Waals surface area contributed by atoms with E-state index in [0.717, 1.165) is 5.69 Å². The third-order valence-electron chi connectivity index (χ3n) is 2.04.